The molecule has 0 spiro atoms. The van der Waals surface area contributed by atoms with Crippen LogP contribution in [0.5, 0.6) is 5.75 Å². The maximum absolute atomic E-state index is 5.74. The number of rotatable bonds is 4. The van der Waals surface area contributed by atoms with Gasteiger partial charge in [0.15, 0.2) is 0 Å². The van der Waals surface area contributed by atoms with E-state index in [1.165, 1.54) is 17.4 Å². The van der Waals surface area contributed by atoms with Crippen molar-refractivity contribution in [3.63, 3.8) is 0 Å². The first-order chi connectivity index (χ1) is 8.35. The normalized spacial score (nSPS) is 21.7. The summed E-state index contributed by atoms with van der Waals surface area (Å²) in [6, 6.07) is 6.01. The van der Waals surface area contributed by atoms with Gasteiger partial charge >= 0.3 is 0 Å². The van der Waals surface area contributed by atoms with E-state index in [2.05, 4.69) is 0 Å². The van der Waals surface area contributed by atoms with Gasteiger partial charge in [0.25, 0.3) is 0 Å². The van der Waals surface area contributed by atoms with Crippen LogP contribution in [-0.2, 0) is 0 Å². The number of benzene rings is 1. The van der Waals surface area contributed by atoms with Crippen molar-refractivity contribution in [2.75, 3.05) is 13.2 Å². The fourth-order valence-corrected chi connectivity index (χ4v) is 2.57. The topological polar surface area (TPSA) is 48.4 Å². The summed E-state index contributed by atoms with van der Waals surface area (Å²) in [6.45, 7) is 3.46. The molecular formula is C14H18ClNO2. The molecule has 0 radical (unpaired) electrons. The molecule has 0 saturated heterocycles. The molecule has 0 unspecified atom stereocenters. The summed E-state index contributed by atoms with van der Waals surface area (Å²) in [4.78, 5) is 0. The predicted octanol–water partition coefficient (Wildman–Crippen LogP) is 3.32. The molecule has 1 aromatic heterocycles. The Morgan fingerprint density at radius 3 is 2.89 bits per heavy atom. The monoisotopic (exact) mass is 267 g/mol. The van der Waals surface area contributed by atoms with Crippen molar-refractivity contribution < 1.29 is 9.15 Å². The molecule has 1 saturated carbocycles. The minimum atomic E-state index is 0. The second-order valence-electron chi connectivity index (χ2n) is 4.58. The van der Waals surface area contributed by atoms with Crippen LogP contribution in [0.4, 0.5) is 0 Å². The van der Waals surface area contributed by atoms with Crippen LogP contribution in [0.2, 0.25) is 0 Å². The van der Waals surface area contributed by atoms with Crippen LogP contribution >= 0.6 is 12.4 Å². The third-order valence-electron chi connectivity index (χ3n) is 3.53. The van der Waals surface area contributed by atoms with Gasteiger partial charge in [0, 0.05) is 10.9 Å². The summed E-state index contributed by atoms with van der Waals surface area (Å²) in [5, 5.41) is 1.18. The van der Waals surface area contributed by atoms with Crippen molar-refractivity contribution in [1.29, 1.82) is 0 Å². The zero-order valence-corrected chi connectivity index (χ0v) is 11.2. The fourth-order valence-electron chi connectivity index (χ4n) is 2.57. The standard InChI is InChI=1S/C14H17NO2.ClH/c1-2-16-13-4-3-12-10(5-6-17-12)14(13)11-7-9(11)8-15;/h3-6,9,11H,2,7-8,15H2,1H3;1H/t9-,11+;/m1./s1. The molecule has 1 heterocycles. The van der Waals surface area contributed by atoms with Crippen molar-refractivity contribution in [1.82, 2.24) is 0 Å². The molecule has 1 aliphatic rings. The van der Waals surface area contributed by atoms with Gasteiger partial charge in [-0.25, -0.2) is 0 Å². The number of hydrogen-bond acceptors (Lipinski definition) is 3. The second-order valence-corrected chi connectivity index (χ2v) is 4.58. The van der Waals surface area contributed by atoms with E-state index in [-0.39, 0.29) is 12.4 Å². The van der Waals surface area contributed by atoms with Crippen LogP contribution in [0.25, 0.3) is 11.0 Å². The van der Waals surface area contributed by atoms with Gasteiger partial charge in [-0.15, -0.1) is 12.4 Å². The van der Waals surface area contributed by atoms with E-state index in [0.29, 0.717) is 18.4 Å². The molecule has 2 atom stereocenters. The minimum absolute atomic E-state index is 0. The summed E-state index contributed by atoms with van der Waals surface area (Å²) in [6.07, 6.45) is 2.91. The Morgan fingerprint density at radius 1 is 1.39 bits per heavy atom. The number of furan rings is 1. The number of nitrogens with two attached hydrogens (primary N) is 1. The summed E-state index contributed by atoms with van der Waals surface area (Å²) in [7, 11) is 0. The van der Waals surface area contributed by atoms with Crippen molar-refractivity contribution in [3.05, 3.63) is 30.0 Å². The maximum atomic E-state index is 5.74. The summed E-state index contributed by atoms with van der Waals surface area (Å²) in [5.41, 5.74) is 7.96. The fraction of sp³-hybridized carbons (Fsp3) is 0.429. The third kappa shape index (κ3) is 2.08. The molecule has 1 aromatic carbocycles. The number of hydrogen-bond donors (Lipinski definition) is 1. The van der Waals surface area contributed by atoms with Crippen molar-refractivity contribution in [2.45, 2.75) is 19.3 Å². The maximum Gasteiger partial charge on any atom is 0.134 e. The van der Waals surface area contributed by atoms with Crippen LogP contribution in [0.15, 0.2) is 28.9 Å². The highest BCUT2D eigenvalue weighted by Crippen LogP contribution is 2.52. The van der Waals surface area contributed by atoms with E-state index in [0.717, 1.165) is 17.9 Å². The molecule has 0 bridgehead atoms. The Balaban J connectivity index is 0.00000120. The van der Waals surface area contributed by atoms with E-state index in [1.807, 2.05) is 25.1 Å². The van der Waals surface area contributed by atoms with Gasteiger partial charge in [-0.05, 0) is 49.9 Å². The van der Waals surface area contributed by atoms with Gasteiger partial charge in [-0.1, -0.05) is 0 Å². The van der Waals surface area contributed by atoms with Gasteiger partial charge < -0.3 is 14.9 Å². The summed E-state index contributed by atoms with van der Waals surface area (Å²) >= 11 is 0. The van der Waals surface area contributed by atoms with Crippen LogP contribution in [0.1, 0.15) is 24.8 Å². The van der Waals surface area contributed by atoms with E-state index in [9.17, 15) is 0 Å². The van der Waals surface area contributed by atoms with Crippen molar-refractivity contribution >= 4 is 23.4 Å². The molecule has 0 amide bonds. The Bertz CT molecular complexity index is 538. The Morgan fingerprint density at radius 2 is 2.22 bits per heavy atom. The van der Waals surface area contributed by atoms with Gasteiger partial charge in [-0.2, -0.15) is 0 Å². The zero-order chi connectivity index (χ0) is 11.8. The smallest absolute Gasteiger partial charge is 0.134 e. The molecule has 4 heteroatoms. The number of halogens is 1. The number of ether oxygens (including phenoxy) is 1. The van der Waals surface area contributed by atoms with E-state index in [1.54, 1.807) is 6.26 Å². The molecule has 2 aromatic rings. The van der Waals surface area contributed by atoms with Gasteiger partial charge in [0.2, 0.25) is 0 Å². The molecule has 0 aliphatic heterocycles. The minimum Gasteiger partial charge on any atom is -0.494 e. The lowest BCUT2D eigenvalue weighted by Crippen LogP contribution is -2.03. The average Bonchev–Trinajstić information content (AvgIpc) is 2.96. The average molecular weight is 268 g/mol. The van der Waals surface area contributed by atoms with Gasteiger partial charge in [-0.3, -0.25) is 0 Å². The Kier molecular flexibility index (Phi) is 3.83. The largest absolute Gasteiger partial charge is 0.494 e. The van der Waals surface area contributed by atoms with Crippen LogP contribution in [-0.4, -0.2) is 13.2 Å². The Labute approximate surface area is 113 Å². The highest BCUT2D eigenvalue weighted by Gasteiger charge is 2.40. The van der Waals surface area contributed by atoms with E-state index < -0.39 is 0 Å². The van der Waals surface area contributed by atoms with Crippen LogP contribution < -0.4 is 10.5 Å². The molecule has 2 N–H and O–H groups in total. The predicted molar refractivity (Wildman–Crippen MR) is 74.5 cm³/mol. The Hall–Kier alpha value is -1.19. The van der Waals surface area contributed by atoms with Crippen LogP contribution in [0, 0.1) is 5.92 Å². The summed E-state index contributed by atoms with van der Waals surface area (Å²) in [5.74, 6) is 2.14. The lowest BCUT2D eigenvalue weighted by Gasteiger charge is -2.10. The van der Waals surface area contributed by atoms with Crippen molar-refractivity contribution in [3.8, 4) is 5.75 Å². The first-order valence-electron chi connectivity index (χ1n) is 6.18. The van der Waals surface area contributed by atoms with Gasteiger partial charge in [0.05, 0.1) is 12.9 Å². The summed E-state index contributed by atoms with van der Waals surface area (Å²) < 4.78 is 11.2. The molecule has 1 aliphatic carbocycles. The van der Waals surface area contributed by atoms with Gasteiger partial charge in [0.1, 0.15) is 11.3 Å². The molecule has 18 heavy (non-hydrogen) atoms. The first kappa shape index (κ1) is 13.2. The molecule has 3 rings (SSSR count). The van der Waals surface area contributed by atoms with E-state index >= 15 is 0 Å². The molecule has 1 fully saturated rings. The van der Waals surface area contributed by atoms with E-state index in [4.69, 9.17) is 14.9 Å². The highest BCUT2D eigenvalue weighted by atomic mass is 35.5. The third-order valence-corrected chi connectivity index (χ3v) is 3.53. The first-order valence-corrected chi connectivity index (χ1v) is 6.18. The lowest BCUT2D eigenvalue weighted by molar-refractivity contribution is 0.337. The molecule has 98 valence electrons. The zero-order valence-electron chi connectivity index (χ0n) is 10.4. The molecular weight excluding hydrogens is 250 g/mol. The van der Waals surface area contributed by atoms with Crippen molar-refractivity contribution in [2.24, 2.45) is 11.7 Å². The number of fused-ring (bicyclic) bond motifs is 1. The SMILES string of the molecule is CCOc1ccc2occc2c1[C@H]1C[C@@H]1CN.Cl. The molecule has 3 nitrogen and oxygen atoms in total. The van der Waals surface area contributed by atoms with Crippen LogP contribution in [0.3, 0.4) is 0 Å². The highest BCUT2D eigenvalue weighted by molar-refractivity contribution is 5.85. The lowest BCUT2D eigenvalue weighted by atomic mass is 10.0. The quantitative estimate of drug-likeness (QED) is 0.924. The second kappa shape index (κ2) is 5.21.